The first-order valence-electron chi connectivity index (χ1n) is 6.28. The predicted octanol–water partition coefficient (Wildman–Crippen LogP) is 2.91. The molecule has 1 aromatic carbocycles. The lowest BCUT2D eigenvalue weighted by molar-refractivity contribution is 0.486. The van der Waals surface area contributed by atoms with Crippen LogP contribution in [0.3, 0.4) is 0 Å². The smallest absolute Gasteiger partial charge is 0.0361 e. The lowest BCUT2D eigenvalue weighted by Crippen LogP contribution is -2.31. The molecule has 0 amide bonds. The molecule has 0 spiro atoms. The van der Waals surface area contributed by atoms with E-state index in [2.05, 4.69) is 67.3 Å². The molecular formula is C14H22N2S. The summed E-state index contributed by atoms with van der Waals surface area (Å²) >= 11 is 2.06. The summed E-state index contributed by atoms with van der Waals surface area (Å²) < 4.78 is 0. The quantitative estimate of drug-likeness (QED) is 0.884. The van der Waals surface area contributed by atoms with Crippen molar-refractivity contribution in [3.63, 3.8) is 0 Å². The van der Waals surface area contributed by atoms with E-state index in [4.69, 9.17) is 0 Å². The molecule has 0 radical (unpaired) electrons. The van der Waals surface area contributed by atoms with Crippen molar-refractivity contribution in [1.29, 1.82) is 0 Å². The second kappa shape index (κ2) is 5.78. The number of thioether (sulfide) groups is 1. The summed E-state index contributed by atoms with van der Waals surface area (Å²) in [5.74, 6) is 2.57. The Morgan fingerprint density at radius 3 is 2.53 bits per heavy atom. The molecule has 0 bridgehead atoms. The molecule has 2 unspecified atom stereocenters. The summed E-state index contributed by atoms with van der Waals surface area (Å²) in [5.41, 5.74) is 2.64. The molecule has 1 heterocycles. The van der Waals surface area contributed by atoms with E-state index < -0.39 is 0 Å². The minimum absolute atomic E-state index is 0.454. The molecule has 1 fully saturated rings. The van der Waals surface area contributed by atoms with Crippen LogP contribution in [0.15, 0.2) is 24.3 Å². The molecule has 2 rings (SSSR count). The molecule has 17 heavy (non-hydrogen) atoms. The van der Waals surface area contributed by atoms with Crippen molar-refractivity contribution in [2.24, 2.45) is 0 Å². The number of benzene rings is 1. The highest BCUT2D eigenvalue weighted by atomic mass is 32.2. The molecule has 1 N–H and O–H groups in total. The van der Waals surface area contributed by atoms with Crippen LogP contribution in [0.2, 0.25) is 0 Å². The Hall–Kier alpha value is -0.670. The van der Waals surface area contributed by atoms with Crippen molar-refractivity contribution >= 4 is 17.4 Å². The second-order valence-corrected chi connectivity index (χ2v) is 6.08. The molecule has 2 nitrogen and oxygen atoms in total. The van der Waals surface area contributed by atoms with Crippen LogP contribution in [-0.4, -0.2) is 31.6 Å². The minimum atomic E-state index is 0.454. The van der Waals surface area contributed by atoms with Crippen LogP contribution < -0.4 is 10.2 Å². The van der Waals surface area contributed by atoms with E-state index in [1.807, 2.05) is 0 Å². The minimum Gasteiger partial charge on any atom is -0.378 e. The monoisotopic (exact) mass is 250 g/mol. The Bertz CT molecular complexity index is 342. The zero-order valence-corrected chi connectivity index (χ0v) is 11.8. The maximum Gasteiger partial charge on any atom is 0.0361 e. The van der Waals surface area contributed by atoms with Gasteiger partial charge in [0.25, 0.3) is 0 Å². The van der Waals surface area contributed by atoms with Crippen molar-refractivity contribution in [1.82, 2.24) is 5.32 Å². The van der Waals surface area contributed by atoms with Crippen LogP contribution >= 0.6 is 11.8 Å². The van der Waals surface area contributed by atoms with Crippen LogP contribution in [-0.2, 0) is 0 Å². The first-order valence-corrected chi connectivity index (χ1v) is 7.43. The number of nitrogens with zero attached hydrogens (tertiary/aromatic N) is 1. The Labute approximate surface area is 109 Å². The number of hydrogen-bond donors (Lipinski definition) is 1. The van der Waals surface area contributed by atoms with E-state index in [-0.39, 0.29) is 0 Å². The van der Waals surface area contributed by atoms with Gasteiger partial charge in [0, 0.05) is 37.6 Å². The SMILES string of the molecule is CC(NC1CCSC1)c1ccc(N(C)C)cc1. The highest BCUT2D eigenvalue weighted by Crippen LogP contribution is 2.22. The average Bonchev–Trinajstić information content (AvgIpc) is 2.82. The third-order valence-electron chi connectivity index (χ3n) is 3.32. The molecule has 1 saturated heterocycles. The van der Waals surface area contributed by atoms with Gasteiger partial charge >= 0.3 is 0 Å². The largest absolute Gasteiger partial charge is 0.378 e. The second-order valence-electron chi connectivity index (χ2n) is 4.93. The Morgan fingerprint density at radius 2 is 2.00 bits per heavy atom. The standard InChI is InChI=1S/C14H22N2S/c1-11(15-13-8-9-17-10-13)12-4-6-14(7-5-12)16(2)3/h4-7,11,13,15H,8-10H2,1-3H3. The van der Waals surface area contributed by atoms with Gasteiger partial charge in [0.05, 0.1) is 0 Å². The van der Waals surface area contributed by atoms with E-state index in [1.165, 1.54) is 29.2 Å². The molecule has 0 aliphatic carbocycles. The summed E-state index contributed by atoms with van der Waals surface area (Å²) in [6, 6.07) is 10.00. The van der Waals surface area contributed by atoms with Crippen molar-refractivity contribution < 1.29 is 0 Å². The van der Waals surface area contributed by atoms with Crippen LogP contribution in [0.1, 0.15) is 24.9 Å². The van der Waals surface area contributed by atoms with Gasteiger partial charge in [-0.05, 0) is 36.8 Å². The first kappa shape index (κ1) is 12.8. The topological polar surface area (TPSA) is 15.3 Å². The Balaban J connectivity index is 1.96. The molecule has 0 aromatic heterocycles. The molecule has 3 heteroatoms. The van der Waals surface area contributed by atoms with Crippen LogP contribution in [0.4, 0.5) is 5.69 Å². The van der Waals surface area contributed by atoms with E-state index >= 15 is 0 Å². The van der Waals surface area contributed by atoms with Gasteiger partial charge in [-0.2, -0.15) is 11.8 Å². The van der Waals surface area contributed by atoms with Crippen molar-refractivity contribution in [2.75, 3.05) is 30.5 Å². The zero-order valence-electron chi connectivity index (χ0n) is 10.9. The molecule has 2 atom stereocenters. The first-order chi connectivity index (χ1) is 8.16. The number of nitrogens with one attached hydrogen (secondary N) is 1. The molecule has 1 aromatic rings. The normalized spacial score (nSPS) is 21.5. The van der Waals surface area contributed by atoms with E-state index in [1.54, 1.807) is 0 Å². The molecule has 1 aliphatic rings. The van der Waals surface area contributed by atoms with Crippen molar-refractivity contribution in [3.05, 3.63) is 29.8 Å². The third-order valence-corrected chi connectivity index (χ3v) is 4.49. The van der Waals surface area contributed by atoms with Gasteiger partial charge in [-0.15, -0.1) is 0 Å². The Kier molecular flexibility index (Phi) is 4.35. The fraction of sp³-hybridized carbons (Fsp3) is 0.571. The molecular weight excluding hydrogens is 228 g/mol. The summed E-state index contributed by atoms with van der Waals surface area (Å²) in [4.78, 5) is 2.13. The highest BCUT2D eigenvalue weighted by Gasteiger charge is 2.17. The summed E-state index contributed by atoms with van der Waals surface area (Å²) in [6.07, 6.45) is 1.31. The van der Waals surface area contributed by atoms with Gasteiger partial charge in [-0.25, -0.2) is 0 Å². The van der Waals surface area contributed by atoms with Gasteiger partial charge < -0.3 is 10.2 Å². The lowest BCUT2D eigenvalue weighted by Gasteiger charge is -2.20. The number of anilines is 1. The molecule has 94 valence electrons. The summed E-state index contributed by atoms with van der Waals surface area (Å²) in [6.45, 7) is 2.26. The Morgan fingerprint density at radius 1 is 1.29 bits per heavy atom. The van der Waals surface area contributed by atoms with Crippen LogP contribution in [0, 0.1) is 0 Å². The lowest BCUT2D eigenvalue weighted by atomic mass is 10.1. The molecule has 1 aliphatic heterocycles. The van der Waals surface area contributed by atoms with Gasteiger partial charge in [-0.3, -0.25) is 0 Å². The van der Waals surface area contributed by atoms with Gasteiger partial charge in [0.2, 0.25) is 0 Å². The summed E-state index contributed by atoms with van der Waals surface area (Å²) in [7, 11) is 4.15. The third kappa shape index (κ3) is 3.39. The van der Waals surface area contributed by atoms with E-state index in [0.717, 1.165) is 0 Å². The maximum atomic E-state index is 3.71. The van der Waals surface area contributed by atoms with Crippen LogP contribution in [0.5, 0.6) is 0 Å². The number of hydrogen-bond acceptors (Lipinski definition) is 3. The zero-order chi connectivity index (χ0) is 12.3. The van der Waals surface area contributed by atoms with Gasteiger partial charge in [-0.1, -0.05) is 12.1 Å². The van der Waals surface area contributed by atoms with Crippen molar-refractivity contribution in [3.8, 4) is 0 Å². The fourth-order valence-electron chi connectivity index (χ4n) is 2.18. The fourth-order valence-corrected chi connectivity index (χ4v) is 3.34. The van der Waals surface area contributed by atoms with Crippen LogP contribution in [0.25, 0.3) is 0 Å². The van der Waals surface area contributed by atoms with Crippen molar-refractivity contribution in [2.45, 2.75) is 25.4 Å². The average molecular weight is 250 g/mol. The van der Waals surface area contributed by atoms with E-state index in [9.17, 15) is 0 Å². The van der Waals surface area contributed by atoms with Gasteiger partial charge in [0.15, 0.2) is 0 Å². The molecule has 0 saturated carbocycles. The maximum absolute atomic E-state index is 3.71. The van der Waals surface area contributed by atoms with E-state index in [0.29, 0.717) is 12.1 Å². The van der Waals surface area contributed by atoms with Gasteiger partial charge in [0.1, 0.15) is 0 Å². The highest BCUT2D eigenvalue weighted by molar-refractivity contribution is 7.99. The predicted molar refractivity (Wildman–Crippen MR) is 78.0 cm³/mol. The number of rotatable bonds is 4. The summed E-state index contributed by atoms with van der Waals surface area (Å²) in [5, 5.41) is 3.71.